The van der Waals surface area contributed by atoms with Gasteiger partial charge in [-0.25, -0.2) is 0 Å². The number of carbonyl (C=O) groups is 2. The Bertz CT molecular complexity index is 874. The van der Waals surface area contributed by atoms with E-state index in [0.29, 0.717) is 19.6 Å². The minimum atomic E-state index is -0.798. The maximum Gasteiger partial charge on any atom is 0.317 e. The molecule has 29 heavy (non-hydrogen) atoms. The Morgan fingerprint density at radius 2 is 1.83 bits per heavy atom. The summed E-state index contributed by atoms with van der Waals surface area (Å²) in [6.45, 7) is 6.07. The number of hydrogen-bond acceptors (Lipinski definition) is 4. The van der Waals surface area contributed by atoms with E-state index in [1.807, 2.05) is 54.0 Å². The third-order valence-corrected chi connectivity index (χ3v) is 5.98. The Balaban J connectivity index is 1.65. The van der Waals surface area contributed by atoms with Gasteiger partial charge in [0.15, 0.2) is 0 Å². The number of aliphatic carboxylic acids is 1. The zero-order valence-electron chi connectivity index (χ0n) is 17.4. The molecule has 2 aromatic carbocycles. The Morgan fingerprint density at radius 3 is 2.45 bits per heavy atom. The van der Waals surface area contributed by atoms with Gasteiger partial charge in [-0.3, -0.25) is 14.5 Å². The first-order valence-electron chi connectivity index (χ1n) is 10.2. The topological polar surface area (TPSA) is 70.1 Å². The van der Waals surface area contributed by atoms with Crippen molar-refractivity contribution in [2.75, 3.05) is 33.3 Å². The highest BCUT2D eigenvalue weighted by atomic mass is 16.5. The van der Waals surface area contributed by atoms with E-state index in [1.54, 1.807) is 7.11 Å². The summed E-state index contributed by atoms with van der Waals surface area (Å²) in [6, 6.07) is 12.3. The zero-order valence-corrected chi connectivity index (χ0v) is 17.4. The lowest BCUT2D eigenvalue weighted by Gasteiger charge is -2.38. The summed E-state index contributed by atoms with van der Waals surface area (Å²) in [5, 5.41) is 11.3. The number of fused-ring (bicyclic) bond motifs is 1. The number of ether oxygens (including phenoxy) is 1. The van der Waals surface area contributed by atoms with Crippen LogP contribution in [-0.4, -0.2) is 66.1 Å². The number of likely N-dealkylation sites (N-methyl/N-ethyl adjacent to an activating group) is 1. The second-order valence-electron chi connectivity index (χ2n) is 7.71. The number of hydrogen-bond donors (Lipinski definition) is 1. The van der Waals surface area contributed by atoms with E-state index in [-0.39, 0.29) is 24.4 Å². The Kier molecular flexibility index (Phi) is 6.75. The molecule has 0 saturated carbocycles. The van der Waals surface area contributed by atoms with Crippen molar-refractivity contribution in [2.24, 2.45) is 0 Å². The molecule has 2 aromatic rings. The number of benzene rings is 2. The molecule has 0 radical (unpaired) electrons. The number of nitrogens with zero attached hydrogens (tertiary/aromatic N) is 2. The second kappa shape index (κ2) is 9.27. The molecule has 0 bridgehead atoms. The number of carbonyl (C=O) groups excluding carboxylic acids is 1. The van der Waals surface area contributed by atoms with Gasteiger partial charge < -0.3 is 14.7 Å². The molecule has 0 aromatic heterocycles. The van der Waals surface area contributed by atoms with Crippen molar-refractivity contribution >= 4 is 22.6 Å². The standard InChI is InChI=1S/C23H30N2O4/c1-4-24(15-22(26)27)20-9-11-25(12-10-20)23(28)16(2)17-5-6-19-14-21(29-3)8-7-18(19)13-17/h5-8,13-14,16,20H,4,9-12,15H2,1-3H3,(H,26,27). The number of methoxy groups -OCH3 is 1. The third-order valence-electron chi connectivity index (χ3n) is 5.98. The van der Waals surface area contributed by atoms with Crippen LogP contribution in [0.4, 0.5) is 0 Å². The lowest BCUT2D eigenvalue weighted by Crippen LogP contribution is -2.48. The van der Waals surface area contributed by atoms with E-state index in [9.17, 15) is 9.59 Å². The number of carboxylic acids is 1. The number of amides is 1. The molecule has 1 aliphatic heterocycles. The van der Waals surface area contributed by atoms with Crippen LogP contribution in [0.2, 0.25) is 0 Å². The normalized spacial score (nSPS) is 16.2. The molecular formula is C23H30N2O4. The smallest absolute Gasteiger partial charge is 0.317 e. The van der Waals surface area contributed by atoms with E-state index < -0.39 is 5.97 Å². The second-order valence-corrected chi connectivity index (χ2v) is 7.71. The first-order chi connectivity index (χ1) is 13.9. The highest BCUT2D eigenvalue weighted by molar-refractivity contribution is 5.88. The molecule has 6 nitrogen and oxygen atoms in total. The van der Waals surface area contributed by atoms with Crippen molar-refractivity contribution in [1.82, 2.24) is 9.80 Å². The van der Waals surface area contributed by atoms with Crippen molar-refractivity contribution in [3.63, 3.8) is 0 Å². The van der Waals surface area contributed by atoms with Crippen LogP contribution < -0.4 is 4.74 Å². The highest BCUT2D eigenvalue weighted by Gasteiger charge is 2.29. The monoisotopic (exact) mass is 398 g/mol. The molecule has 0 aliphatic carbocycles. The van der Waals surface area contributed by atoms with Crippen LogP contribution in [0.3, 0.4) is 0 Å². The van der Waals surface area contributed by atoms with Gasteiger partial charge >= 0.3 is 5.97 Å². The van der Waals surface area contributed by atoms with E-state index in [4.69, 9.17) is 9.84 Å². The molecule has 1 fully saturated rings. The van der Waals surface area contributed by atoms with Gasteiger partial charge in [0.05, 0.1) is 19.6 Å². The molecule has 1 saturated heterocycles. The van der Waals surface area contributed by atoms with Gasteiger partial charge in [-0.1, -0.05) is 31.2 Å². The summed E-state index contributed by atoms with van der Waals surface area (Å²) in [5.74, 6) is -0.0499. The van der Waals surface area contributed by atoms with E-state index in [1.165, 1.54) is 0 Å². The van der Waals surface area contributed by atoms with E-state index in [2.05, 4.69) is 6.07 Å². The maximum atomic E-state index is 13.1. The Hall–Kier alpha value is -2.60. The summed E-state index contributed by atoms with van der Waals surface area (Å²) in [6.07, 6.45) is 1.63. The van der Waals surface area contributed by atoms with Crippen LogP contribution in [0.25, 0.3) is 10.8 Å². The SMILES string of the molecule is CCN(CC(=O)O)C1CCN(C(=O)C(C)c2ccc3cc(OC)ccc3c2)CC1. The number of carboxylic acid groups (broad SMARTS) is 1. The number of rotatable bonds is 7. The Morgan fingerprint density at radius 1 is 1.17 bits per heavy atom. The lowest BCUT2D eigenvalue weighted by atomic mass is 9.95. The molecule has 1 heterocycles. The van der Waals surface area contributed by atoms with Gasteiger partial charge in [-0.2, -0.15) is 0 Å². The largest absolute Gasteiger partial charge is 0.497 e. The van der Waals surface area contributed by atoms with Crippen molar-refractivity contribution < 1.29 is 19.4 Å². The molecule has 1 unspecified atom stereocenters. The average Bonchev–Trinajstić information content (AvgIpc) is 2.75. The first kappa shape index (κ1) is 21.1. The predicted molar refractivity (Wildman–Crippen MR) is 113 cm³/mol. The van der Waals surface area contributed by atoms with Crippen molar-refractivity contribution in [2.45, 2.75) is 38.6 Å². The molecule has 1 aliphatic rings. The molecule has 1 N–H and O–H groups in total. The average molecular weight is 399 g/mol. The van der Waals surface area contributed by atoms with Crippen molar-refractivity contribution in [3.8, 4) is 5.75 Å². The van der Waals surface area contributed by atoms with Crippen molar-refractivity contribution in [1.29, 1.82) is 0 Å². The maximum absolute atomic E-state index is 13.1. The minimum Gasteiger partial charge on any atom is -0.497 e. The molecule has 1 atom stereocenters. The van der Waals surface area contributed by atoms with Crippen molar-refractivity contribution in [3.05, 3.63) is 42.0 Å². The van der Waals surface area contributed by atoms with E-state index >= 15 is 0 Å². The molecule has 3 rings (SSSR count). The molecule has 156 valence electrons. The summed E-state index contributed by atoms with van der Waals surface area (Å²) in [5.41, 5.74) is 1.01. The molecule has 1 amide bonds. The Labute approximate surface area is 172 Å². The summed E-state index contributed by atoms with van der Waals surface area (Å²) in [4.78, 5) is 28.0. The van der Waals surface area contributed by atoms with Gasteiger partial charge in [0.25, 0.3) is 0 Å². The van der Waals surface area contributed by atoms with Gasteiger partial charge in [-0.15, -0.1) is 0 Å². The fraction of sp³-hybridized carbons (Fsp3) is 0.478. The van der Waals surface area contributed by atoms with Crippen LogP contribution in [0.5, 0.6) is 5.75 Å². The summed E-state index contributed by atoms with van der Waals surface area (Å²) < 4.78 is 5.28. The number of likely N-dealkylation sites (tertiary alicyclic amines) is 1. The van der Waals surface area contributed by atoms with Crippen LogP contribution >= 0.6 is 0 Å². The lowest BCUT2D eigenvalue weighted by molar-refractivity contribution is -0.140. The van der Waals surface area contributed by atoms with Crippen LogP contribution in [0, 0.1) is 0 Å². The fourth-order valence-electron chi connectivity index (χ4n) is 4.18. The summed E-state index contributed by atoms with van der Waals surface area (Å²) >= 11 is 0. The third kappa shape index (κ3) is 4.88. The number of piperidine rings is 1. The van der Waals surface area contributed by atoms with Gasteiger partial charge in [0.2, 0.25) is 5.91 Å². The highest BCUT2D eigenvalue weighted by Crippen LogP contribution is 2.27. The quantitative estimate of drug-likeness (QED) is 0.775. The van der Waals surface area contributed by atoms with Gasteiger partial charge in [0.1, 0.15) is 5.75 Å². The van der Waals surface area contributed by atoms with Crippen LogP contribution in [0.1, 0.15) is 38.2 Å². The minimum absolute atomic E-state index is 0.0629. The molecular weight excluding hydrogens is 368 g/mol. The fourth-order valence-corrected chi connectivity index (χ4v) is 4.18. The summed E-state index contributed by atoms with van der Waals surface area (Å²) in [7, 11) is 1.65. The molecule has 0 spiro atoms. The zero-order chi connectivity index (χ0) is 21.0. The molecule has 6 heteroatoms. The van der Waals surface area contributed by atoms with Gasteiger partial charge in [-0.05, 0) is 54.8 Å². The van der Waals surface area contributed by atoms with Crippen LogP contribution in [0.15, 0.2) is 36.4 Å². The van der Waals surface area contributed by atoms with E-state index in [0.717, 1.165) is 34.9 Å². The van der Waals surface area contributed by atoms with Crippen LogP contribution in [-0.2, 0) is 9.59 Å². The van der Waals surface area contributed by atoms with Gasteiger partial charge in [0, 0.05) is 19.1 Å². The predicted octanol–water partition coefficient (Wildman–Crippen LogP) is 3.35. The first-order valence-corrected chi connectivity index (χ1v) is 10.2.